The van der Waals surface area contributed by atoms with E-state index in [1.54, 1.807) is 18.9 Å². The third-order valence-electron chi connectivity index (χ3n) is 4.97. The van der Waals surface area contributed by atoms with Crippen molar-refractivity contribution < 1.29 is 19.1 Å². The highest BCUT2D eigenvalue weighted by atomic mass is 16.5. The molecule has 0 aromatic heterocycles. The molecule has 1 heterocycles. The number of hydrogen-bond acceptors (Lipinski definition) is 5. The van der Waals surface area contributed by atoms with Crippen LogP contribution in [0.1, 0.15) is 32.3 Å². The number of rotatable bonds is 10. The molecular formula is C21H33N3O4. The Morgan fingerprint density at radius 1 is 1.25 bits per heavy atom. The summed E-state index contributed by atoms with van der Waals surface area (Å²) in [6.07, 6.45) is 1.19. The molecule has 1 N–H and O–H groups in total. The first-order valence-electron chi connectivity index (χ1n) is 10.0. The predicted molar refractivity (Wildman–Crippen MR) is 108 cm³/mol. The lowest BCUT2D eigenvalue weighted by atomic mass is 10.1. The van der Waals surface area contributed by atoms with E-state index >= 15 is 0 Å². The van der Waals surface area contributed by atoms with Crippen molar-refractivity contribution in [3.63, 3.8) is 0 Å². The van der Waals surface area contributed by atoms with E-state index in [0.717, 1.165) is 50.6 Å². The van der Waals surface area contributed by atoms with Crippen LogP contribution in [0.5, 0.6) is 5.75 Å². The average molecular weight is 392 g/mol. The fourth-order valence-corrected chi connectivity index (χ4v) is 3.18. The highest BCUT2D eigenvalue weighted by Gasteiger charge is 2.25. The lowest BCUT2D eigenvalue weighted by molar-refractivity contribution is -0.140. The van der Waals surface area contributed by atoms with Gasteiger partial charge >= 0.3 is 0 Å². The number of nitrogens with zero attached hydrogens (tertiary/aromatic N) is 2. The molecule has 1 atom stereocenters. The summed E-state index contributed by atoms with van der Waals surface area (Å²) in [5.41, 5.74) is 0.971. The average Bonchev–Trinajstić information content (AvgIpc) is 2.72. The first kappa shape index (κ1) is 22.2. The molecule has 0 radical (unpaired) electrons. The fourth-order valence-electron chi connectivity index (χ4n) is 3.18. The lowest BCUT2D eigenvalue weighted by Gasteiger charge is -2.30. The lowest BCUT2D eigenvalue weighted by Crippen LogP contribution is -2.49. The highest BCUT2D eigenvalue weighted by Crippen LogP contribution is 2.16. The SMILES string of the molecule is CCCC(=O)N(Cc1ccc(OC)cc1)C(C)C(=O)NCCN1CCOCC1. The van der Waals surface area contributed by atoms with Gasteiger partial charge in [-0.3, -0.25) is 14.5 Å². The number of benzene rings is 1. The van der Waals surface area contributed by atoms with Crippen molar-refractivity contribution in [1.29, 1.82) is 0 Å². The zero-order chi connectivity index (χ0) is 20.4. The summed E-state index contributed by atoms with van der Waals surface area (Å²) in [6.45, 7) is 8.80. The van der Waals surface area contributed by atoms with Crippen LogP contribution in [0.15, 0.2) is 24.3 Å². The first-order valence-corrected chi connectivity index (χ1v) is 10.0. The summed E-state index contributed by atoms with van der Waals surface area (Å²) in [6, 6.07) is 7.06. The highest BCUT2D eigenvalue weighted by molar-refractivity contribution is 5.87. The first-order chi connectivity index (χ1) is 13.5. The number of nitrogens with one attached hydrogen (secondary N) is 1. The molecule has 156 valence electrons. The molecular weight excluding hydrogens is 358 g/mol. The Labute approximate surface area is 168 Å². The second-order valence-electron chi connectivity index (χ2n) is 7.04. The van der Waals surface area contributed by atoms with Crippen LogP contribution in [0, 0.1) is 0 Å². The Kier molecular flexibility index (Phi) is 9.23. The summed E-state index contributed by atoms with van der Waals surface area (Å²) in [5, 5.41) is 2.98. The van der Waals surface area contributed by atoms with E-state index in [2.05, 4.69) is 10.2 Å². The Bertz CT molecular complexity index is 615. The van der Waals surface area contributed by atoms with Gasteiger partial charge in [-0.2, -0.15) is 0 Å². The molecule has 0 spiro atoms. The summed E-state index contributed by atoms with van der Waals surface area (Å²) >= 11 is 0. The Balaban J connectivity index is 1.93. The van der Waals surface area contributed by atoms with Gasteiger partial charge in [-0.15, -0.1) is 0 Å². The molecule has 1 saturated heterocycles. The van der Waals surface area contributed by atoms with Crippen LogP contribution in [-0.2, 0) is 20.9 Å². The molecule has 7 nitrogen and oxygen atoms in total. The van der Waals surface area contributed by atoms with Crippen molar-refractivity contribution in [3.8, 4) is 5.75 Å². The Hall–Kier alpha value is -2.12. The van der Waals surface area contributed by atoms with Crippen LogP contribution in [0.3, 0.4) is 0 Å². The van der Waals surface area contributed by atoms with Crippen molar-refractivity contribution in [2.75, 3.05) is 46.5 Å². The van der Waals surface area contributed by atoms with Gasteiger partial charge in [-0.25, -0.2) is 0 Å². The van der Waals surface area contributed by atoms with Crippen molar-refractivity contribution in [2.45, 2.75) is 39.3 Å². The van der Waals surface area contributed by atoms with E-state index in [1.165, 1.54) is 0 Å². The van der Waals surface area contributed by atoms with Crippen LogP contribution >= 0.6 is 0 Å². The standard InChI is InChI=1S/C21H33N3O4/c1-4-5-20(25)24(16-18-6-8-19(27-3)9-7-18)17(2)21(26)22-10-11-23-12-14-28-15-13-23/h6-9,17H,4-5,10-16H2,1-3H3,(H,22,26). The largest absolute Gasteiger partial charge is 0.497 e. The number of amides is 2. The third kappa shape index (κ3) is 6.80. The molecule has 0 aliphatic carbocycles. The topological polar surface area (TPSA) is 71.1 Å². The summed E-state index contributed by atoms with van der Waals surface area (Å²) in [7, 11) is 1.62. The smallest absolute Gasteiger partial charge is 0.242 e. The third-order valence-corrected chi connectivity index (χ3v) is 4.97. The zero-order valence-corrected chi connectivity index (χ0v) is 17.3. The van der Waals surface area contributed by atoms with Crippen LogP contribution < -0.4 is 10.1 Å². The van der Waals surface area contributed by atoms with Crippen LogP contribution in [0.2, 0.25) is 0 Å². The van der Waals surface area contributed by atoms with Gasteiger partial charge in [0.15, 0.2) is 0 Å². The molecule has 7 heteroatoms. The fraction of sp³-hybridized carbons (Fsp3) is 0.619. The maximum atomic E-state index is 12.7. The monoisotopic (exact) mass is 391 g/mol. The summed E-state index contributed by atoms with van der Waals surface area (Å²) in [5.74, 6) is 0.643. The van der Waals surface area contributed by atoms with Gasteiger partial charge in [0.25, 0.3) is 0 Å². The molecule has 2 amide bonds. The van der Waals surface area contributed by atoms with Crippen molar-refractivity contribution in [1.82, 2.24) is 15.1 Å². The summed E-state index contributed by atoms with van der Waals surface area (Å²) < 4.78 is 10.5. The van der Waals surface area contributed by atoms with Gasteiger partial charge < -0.3 is 19.7 Å². The zero-order valence-electron chi connectivity index (χ0n) is 17.3. The van der Waals surface area contributed by atoms with Gasteiger partial charge in [0.1, 0.15) is 11.8 Å². The van der Waals surface area contributed by atoms with E-state index < -0.39 is 6.04 Å². The normalized spacial score (nSPS) is 15.7. The molecule has 1 aromatic rings. The van der Waals surface area contributed by atoms with Crippen LogP contribution in [-0.4, -0.2) is 74.2 Å². The van der Waals surface area contributed by atoms with Gasteiger partial charge in [0, 0.05) is 39.1 Å². The van der Waals surface area contributed by atoms with E-state index in [-0.39, 0.29) is 11.8 Å². The van der Waals surface area contributed by atoms with Crippen LogP contribution in [0.4, 0.5) is 0 Å². The molecule has 0 saturated carbocycles. The van der Waals surface area contributed by atoms with Crippen molar-refractivity contribution >= 4 is 11.8 Å². The molecule has 2 rings (SSSR count). The van der Waals surface area contributed by atoms with E-state index in [0.29, 0.717) is 19.5 Å². The maximum Gasteiger partial charge on any atom is 0.242 e. The number of ether oxygens (including phenoxy) is 2. The number of morpholine rings is 1. The maximum absolute atomic E-state index is 12.7. The van der Waals surface area contributed by atoms with Gasteiger partial charge in [-0.05, 0) is 31.0 Å². The molecule has 1 aromatic carbocycles. The molecule has 0 bridgehead atoms. The molecule has 1 unspecified atom stereocenters. The number of carbonyl (C=O) groups is 2. The summed E-state index contributed by atoms with van der Waals surface area (Å²) in [4.78, 5) is 29.2. The Morgan fingerprint density at radius 3 is 2.54 bits per heavy atom. The quantitative estimate of drug-likeness (QED) is 0.657. The molecule has 1 fully saturated rings. The number of carbonyl (C=O) groups excluding carboxylic acids is 2. The number of hydrogen-bond donors (Lipinski definition) is 1. The van der Waals surface area contributed by atoms with Gasteiger partial charge in [0.05, 0.1) is 20.3 Å². The van der Waals surface area contributed by atoms with Crippen LogP contribution in [0.25, 0.3) is 0 Å². The predicted octanol–water partition coefficient (Wildman–Crippen LogP) is 1.66. The second kappa shape index (κ2) is 11.7. The molecule has 1 aliphatic rings. The van der Waals surface area contributed by atoms with E-state index in [4.69, 9.17) is 9.47 Å². The number of methoxy groups -OCH3 is 1. The van der Waals surface area contributed by atoms with E-state index in [9.17, 15) is 9.59 Å². The van der Waals surface area contributed by atoms with Crippen molar-refractivity contribution in [3.05, 3.63) is 29.8 Å². The van der Waals surface area contributed by atoms with Gasteiger partial charge in [0.2, 0.25) is 11.8 Å². The van der Waals surface area contributed by atoms with Crippen molar-refractivity contribution in [2.24, 2.45) is 0 Å². The Morgan fingerprint density at radius 2 is 1.93 bits per heavy atom. The minimum atomic E-state index is -0.522. The molecule has 1 aliphatic heterocycles. The minimum absolute atomic E-state index is 0.00542. The molecule has 28 heavy (non-hydrogen) atoms. The minimum Gasteiger partial charge on any atom is -0.497 e. The second-order valence-corrected chi connectivity index (χ2v) is 7.04. The van der Waals surface area contributed by atoms with Gasteiger partial charge in [-0.1, -0.05) is 19.1 Å². The van der Waals surface area contributed by atoms with E-state index in [1.807, 2.05) is 31.2 Å².